The number of nitrogens with zero attached hydrogens (tertiary/aromatic N) is 1. The van der Waals surface area contributed by atoms with Crippen molar-refractivity contribution in [2.45, 2.75) is 64.7 Å². The van der Waals surface area contributed by atoms with Crippen molar-refractivity contribution >= 4 is 22.5 Å². The second kappa shape index (κ2) is 10.7. The van der Waals surface area contributed by atoms with Gasteiger partial charge in [-0.3, -0.25) is 9.78 Å². The molecule has 1 aliphatic rings. The van der Waals surface area contributed by atoms with E-state index >= 15 is 0 Å². The van der Waals surface area contributed by atoms with Crippen molar-refractivity contribution in [3.05, 3.63) is 95.7 Å². The number of aromatic nitrogens is 1. The van der Waals surface area contributed by atoms with Crippen LogP contribution >= 0.6 is 0 Å². The molecule has 0 bridgehead atoms. The molecule has 1 aromatic heterocycles. The van der Waals surface area contributed by atoms with Crippen LogP contribution in [0.15, 0.2) is 79.0 Å². The van der Waals surface area contributed by atoms with E-state index in [9.17, 15) is 4.79 Å². The van der Waals surface area contributed by atoms with Crippen LogP contribution in [0.3, 0.4) is 0 Å². The Morgan fingerprint density at radius 2 is 1.64 bits per heavy atom. The molecule has 5 rings (SSSR count). The first-order valence-corrected chi connectivity index (χ1v) is 13.4. The highest BCUT2D eigenvalue weighted by Crippen LogP contribution is 2.37. The molecule has 0 aliphatic heterocycles. The van der Waals surface area contributed by atoms with Crippen LogP contribution in [-0.2, 0) is 0 Å². The van der Waals surface area contributed by atoms with Crippen LogP contribution < -0.4 is 5.32 Å². The van der Waals surface area contributed by atoms with Crippen molar-refractivity contribution < 1.29 is 4.79 Å². The zero-order chi connectivity index (χ0) is 25.1. The highest BCUT2D eigenvalue weighted by atomic mass is 16.1. The zero-order valence-corrected chi connectivity index (χ0v) is 21.6. The highest BCUT2D eigenvalue weighted by Gasteiger charge is 2.21. The Morgan fingerprint density at radius 3 is 2.36 bits per heavy atom. The summed E-state index contributed by atoms with van der Waals surface area (Å²) in [5.41, 5.74) is 7.25. The van der Waals surface area contributed by atoms with E-state index in [1.54, 1.807) is 12.3 Å². The maximum Gasteiger partial charge on any atom is 0.256 e. The third-order valence-corrected chi connectivity index (χ3v) is 7.96. The summed E-state index contributed by atoms with van der Waals surface area (Å²) in [6.45, 7) is 6.59. The zero-order valence-electron chi connectivity index (χ0n) is 21.6. The molecule has 1 saturated carbocycles. The molecule has 1 N–H and O–H groups in total. The fourth-order valence-corrected chi connectivity index (χ4v) is 5.68. The van der Waals surface area contributed by atoms with Crippen LogP contribution in [0.1, 0.15) is 86.2 Å². The largest absolute Gasteiger partial charge is 0.322 e. The summed E-state index contributed by atoms with van der Waals surface area (Å²) in [6, 6.07) is 25.1. The lowest BCUT2D eigenvalue weighted by molar-refractivity contribution is 0.102. The van der Waals surface area contributed by atoms with E-state index in [0.29, 0.717) is 17.4 Å². The fourth-order valence-electron chi connectivity index (χ4n) is 5.68. The van der Waals surface area contributed by atoms with Crippen molar-refractivity contribution in [2.24, 2.45) is 5.92 Å². The molecule has 1 aliphatic carbocycles. The molecule has 0 atom stereocenters. The lowest BCUT2D eigenvalue weighted by Gasteiger charge is -2.28. The van der Waals surface area contributed by atoms with Gasteiger partial charge in [0.2, 0.25) is 0 Å². The molecule has 0 spiro atoms. The van der Waals surface area contributed by atoms with Crippen LogP contribution in [-0.4, -0.2) is 10.9 Å². The number of hydrogen-bond acceptors (Lipinski definition) is 2. The number of carbonyl (C=O) groups is 1. The number of benzene rings is 3. The summed E-state index contributed by atoms with van der Waals surface area (Å²) in [5.74, 6) is 1.84. The molecule has 0 radical (unpaired) electrons. The summed E-state index contributed by atoms with van der Waals surface area (Å²) in [4.78, 5) is 17.8. The molecule has 1 heterocycles. The monoisotopic (exact) mass is 476 g/mol. The Hall–Kier alpha value is -3.46. The fraction of sp³-hybridized carbons (Fsp3) is 0.333. The number of para-hydroxylation sites is 1. The van der Waals surface area contributed by atoms with E-state index in [0.717, 1.165) is 33.6 Å². The van der Waals surface area contributed by atoms with E-state index < -0.39 is 0 Å². The summed E-state index contributed by atoms with van der Waals surface area (Å²) in [5, 5.41) is 3.99. The van der Waals surface area contributed by atoms with E-state index in [1.165, 1.54) is 43.2 Å². The Labute approximate surface area is 215 Å². The summed E-state index contributed by atoms with van der Waals surface area (Å²) < 4.78 is 0. The minimum absolute atomic E-state index is 0.106. The van der Waals surface area contributed by atoms with Crippen molar-refractivity contribution in [1.82, 2.24) is 4.98 Å². The molecule has 184 valence electrons. The van der Waals surface area contributed by atoms with E-state index in [1.807, 2.05) is 24.3 Å². The van der Waals surface area contributed by atoms with E-state index in [2.05, 4.69) is 73.5 Å². The summed E-state index contributed by atoms with van der Waals surface area (Å²) in [7, 11) is 0. The van der Waals surface area contributed by atoms with Crippen LogP contribution in [0.4, 0.5) is 5.69 Å². The van der Waals surface area contributed by atoms with Gasteiger partial charge in [0.05, 0.1) is 11.1 Å². The Morgan fingerprint density at radius 1 is 0.917 bits per heavy atom. The molecule has 4 aromatic rings. The molecule has 3 heteroatoms. The standard InChI is InChI=1S/C33H36N2O/c1-4-23-9-11-24(12-10-23)25-13-15-26(16-14-25)27-17-18-29-30(19-20-34-32(29)21-27)33(36)35-31-8-6-5-7-28(31)22(2)3/h5-8,13-24H,4,9-12H2,1-3H3,(H,35,36). The van der Waals surface area contributed by atoms with Gasteiger partial charge in [0.25, 0.3) is 5.91 Å². The Balaban J connectivity index is 1.36. The molecular weight excluding hydrogens is 440 g/mol. The van der Waals surface area contributed by atoms with Gasteiger partial charge in [0.1, 0.15) is 0 Å². The SMILES string of the molecule is CCC1CCC(c2ccc(-c3ccc4c(C(=O)Nc5ccccc5C(C)C)ccnc4c3)cc2)CC1. The first kappa shape index (κ1) is 24.2. The lowest BCUT2D eigenvalue weighted by atomic mass is 9.77. The first-order chi connectivity index (χ1) is 17.5. The first-order valence-electron chi connectivity index (χ1n) is 13.4. The van der Waals surface area contributed by atoms with Gasteiger partial charge in [-0.25, -0.2) is 0 Å². The number of anilines is 1. The highest BCUT2D eigenvalue weighted by molar-refractivity contribution is 6.12. The molecule has 36 heavy (non-hydrogen) atoms. The van der Waals surface area contributed by atoms with Crippen LogP contribution in [0.25, 0.3) is 22.0 Å². The number of pyridine rings is 1. The molecule has 1 amide bonds. The maximum atomic E-state index is 13.2. The van der Waals surface area contributed by atoms with Gasteiger partial charge >= 0.3 is 0 Å². The molecule has 3 nitrogen and oxygen atoms in total. The summed E-state index contributed by atoms with van der Waals surface area (Å²) >= 11 is 0. The van der Waals surface area contributed by atoms with Crippen molar-refractivity contribution in [2.75, 3.05) is 5.32 Å². The minimum Gasteiger partial charge on any atom is -0.322 e. The lowest BCUT2D eigenvalue weighted by Crippen LogP contribution is -2.14. The number of rotatable bonds is 6. The van der Waals surface area contributed by atoms with Gasteiger partial charge in [0.15, 0.2) is 0 Å². The third kappa shape index (κ3) is 5.06. The van der Waals surface area contributed by atoms with Gasteiger partial charge in [-0.1, -0.05) is 81.8 Å². The van der Waals surface area contributed by atoms with Crippen LogP contribution in [0.2, 0.25) is 0 Å². The number of carbonyl (C=O) groups excluding carboxylic acids is 1. The topological polar surface area (TPSA) is 42.0 Å². The van der Waals surface area contributed by atoms with Gasteiger partial charge < -0.3 is 5.32 Å². The third-order valence-electron chi connectivity index (χ3n) is 7.96. The molecular formula is C33H36N2O. The molecule has 0 unspecified atom stereocenters. The quantitative estimate of drug-likeness (QED) is 0.302. The van der Waals surface area contributed by atoms with Crippen molar-refractivity contribution in [3.8, 4) is 11.1 Å². The van der Waals surface area contributed by atoms with Crippen LogP contribution in [0, 0.1) is 5.92 Å². The van der Waals surface area contributed by atoms with Crippen molar-refractivity contribution in [1.29, 1.82) is 0 Å². The molecule has 0 saturated heterocycles. The second-order valence-electron chi connectivity index (χ2n) is 10.5. The molecule has 3 aromatic carbocycles. The number of amides is 1. The average molecular weight is 477 g/mol. The van der Waals surface area contributed by atoms with Crippen molar-refractivity contribution in [3.63, 3.8) is 0 Å². The van der Waals surface area contributed by atoms with Gasteiger partial charge in [-0.05, 0) is 83.9 Å². The predicted octanol–water partition coefficient (Wildman–Crippen LogP) is 8.96. The number of nitrogens with one attached hydrogen (secondary N) is 1. The number of fused-ring (bicyclic) bond motifs is 1. The van der Waals surface area contributed by atoms with Crippen LogP contribution in [0.5, 0.6) is 0 Å². The minimum atomic E-state index is -0.106. The van der Waals surface area contributed by atoms with Gasteiger partial charge in [0, 0.05) is 17.3 Å². The predicted molar refractivity (Wildman–Crippen MR) is 151 cm³/mol. The van der Waals surface area contributed by atoms with E-state index in [-0.39, 0.29) is 5.91 Å². The normalized spacial score (nSPS) is 17.9. The smallest absolute Gasteiger partial charge is 0.256 e. The average Bonchev–Trinajstić information content (AvgIpc) is 2.92. The second-order valence-corrected chi connectivity index (χ2v) is 10.5. The van der Waals surface area contributed by atoms with Gasteiger partial charge in [-0.15, -0.1) is 0 Å². The summed E-state index contributed by atoms with van der Waals surface area (Å²) in [6.07, 6.45) is 8.38. The Kier molecular flexibility index (Phi) is 7.18. The Bertz CT molecular complexity index is 1350. The molecule has 1 fully saturated rings. The maximum absolute atomic E-state index is 13.2. The number of hydrogen-bond donors (Lipinski definition) is 1. The van der Waals surface area contributed by atoms with E-state index in [4.69, 9.17) is 0 Å². The van der Waals surface area contributed by atoms with Gasteiger partial charge in [-0.2, -0.15) is 0 Å².